The van der Waals surface area contributed by atoms with Crippen LogP contribution < -0.4 is 36.9 Å². The Bertz CT molecular complexity index is 2260. The maximum absolute atomic E-state index is 13.6. The smallest absolute Gasteiger partial charge is 0.328 e. The zero-order valence-electron chi connectivity index (χ0n) is 41.2. The average molecular weight is 1060 g/mol. The molecule has 9 nitrogen and oxygen atoms in total. The second-order valence-electron chi connectivity index (χ2n) is 18.1. The summed E-state index contributed by atoms with van der Waals surface area (Å²) in [6.45, 7) is 2.35. The van der Waals surface area contributed by atoms with Gasteiger partial charge in [0.05, 0.1) is 54.0 Å². The molecule has 0 heterocycles. The molecule has 74 heavy (non-hydrogen) atoms. The van der Waals surface area contributed by atoms with Crippen LogP contribution in [0.5, 0.6) is 0 Å². The van der Waals surface area contributed by atoms with E-state index in [0.29, 0.717) is 48.4 Å². The third kappa shape index (κ3) is 22.5. The van der Waals surface area contributed by atoms with E-state index in [1.165, 1.54) is 64.2 Å². The molecule has 4 amide bonds. The summed E-state index contributed by atoms with van der Waals surface area (Å²) in [5.74, 6) is 0.248. The quantitative estimate of drug-likeness (QED) is 0.0139. The fourth-order valence-corrected chi connectivity index (χ4v) is 8.06. The van der Waals surface area contributed by atoms with Crippen molar-refractivity contribution in [1.82, 2.24) is 21.3 Å². The summed E-state index contributed by atoms with van der Waals surface area (Å²) < 4.78 is 163. The number of urea groups is 2. The van der Waals surface area contributed by atoms with Gasteiger partial charge < -0.3 is 21.3 Å². The number of alkyl halides is 12. The van der Waals surface area contributed by atoms with Gasteiger partial charge in [-0.3, -0.25) is 15.6 Å². The molecule has 4 aromatic rings. The van der Waals surface area contributed by atoms with Gasteiger partial charge in [-0.05, 0) is 53.9 Å². The van der Waals surface area contributed by atoms with Crippen LogP contribution in [0.25, 0.3) is 0 Å². The summed E-state index contributed by atoms with van der Waals surface area (Å²) in [6.07, 6.45) is -2.04. The first-order valence-electron chi connectivity index (χ1n) is 25.0. The number of carbonyl (C=O) groups excluding carboxylic acids is 2. The van der Waals surface area contributed by atoms with E-state index in [1.54, 1.807) is 60.7 Å². The molecule has 0 spiro atoms. The van der Waals surface area contributed by atoms with Crippen LogP contribution in [0.1, 0.15) is 155 Å². The number of unbranched alkanes of at least 4 members (excludes halogenated alkanes) is 15. The molecular weight excluding hydrogens is 995 g/mol. The number of amides is 4. The predicted octanol–water partition coefficient (Wildman–Crippen LogP) is 14.1. The lowest BCUT2D eigenvalue weighted by Crippen LogP contribution is -2.81. The van der Waals surface area contributed by atoms with E-state index in [0.717, 1.165) is 32.1 Å². The first kappa shape index (κ1) is 60.4. The van der Waals surface area contributed by atoms with Crippen LogP contribution in [0.15, 0.2) is 97.1 Å². The Morgan fingerprint density at radius 3 is 1.15 bits per heavy atom. The molecular formula is C53H66F12N7O2+. The molecule has 0 aliphatic carbocycles. The zero-order valence-corrected chi connectivity index (χ0v) is 41.2. The maximum atomic E-state index is 13.6. The standard InChI is InChI=1S/C53H65F12N7O2/c1-2-3-4-5-6-7-8-9-10-11-12-13-14-15-16-23-28-66-47(67-35-45(37-24-19-17-20-25-37)71-48(73)69-43-31-39(50(54,55)56)29-40(32-43)51(57,58)59)68-36-46(38-26-21-18-22-27-38)72-49(74)70-44-33-41(52(60,61)62)30-42(34-44)53(63,64)65/h17-22,24-27,29-34,45-46H,2-16,23,28,35-36H2,1H3,(H2,66,67,68)(H2,69,71,73)(H2,70,72,74)/p+1/t45-,46-/m0/s1. The van der Waals surface area contributed by atoms with Crippen molar-refractivity contribution in [2.24, 2.45) is 0 Å². The minimum atomic E-state index is -5.16. The van der Waals surface area contributed by atoms with Gasteiger partial charge in [0.25, 0.3) is 0 Å². The van der Waals surface area contributed by atoms with E-state index in [1.807, 2.05) is 0 Å². The van der Waals surface area contributed by atoms with E-state index >= 15 is 0 Å². The largest absolute Gasteiger partial charge is 0.416 e. The van der Waals surface area contributed by atoms with Gasteiger partial charge in [0.15, 0.2) is 0 Å². The Morgan fingerprint density at radius 2 is 0.784 bits per heavy atom. The van der Waals surface area contributed by atoms with E-state index in [-0.39, 0.29) is 31.2 Å². The summed E-state index contributed by atoms with van der Waals surface area (Å²) in [7, 11) is 0. The molecule has 0 unspecified atom stereocenters. The third-order valence-corrected chi connectivity index (χ3v) is 12.0. The number of hydrogen-bond donors (Lipinski definition) is 7. The van der Waals surface area contributed by atoms with Gasteiger partial charge in [-0.15, -0.1) is 0 Å². The minimum absolute atomic E-state index is 0.0647. The van der Waals surface area contributed by atoms with Crippen molar-refractivity contribution in [3.8, 4) is 0 Å². The number of rotatable bonds is 27. The Labute approximate surface area is 424 Å². The summed E-state index contributed by atoms with van der Waals surface area (Å²) in [5, 5.41) is 15.8. The summed E-state index contributed by atoms with van der Waals surface area (Å²) in [6, 6.07) is 13.6. The van der Waals surface area contributed by atoms with E-state index in [4.69, 9.17) is 0 Å². The molecule has 7 N–H and O–H groups in total. The SMILES string of the molecule is CCCCCCCCCCCCCCCCCCNC(NC[C@H](NC(=O)Nc1cc(C(F)(F)F)cc(C(F)(F)F)c1)c1ccccc1)=[NH+]C[C@H](NC(=O)Nc1cc(C(F)(F)F)cc(C(F)(F)F)c1)c1ccccc1. The van der Waals surface area contributed by atoms with Crippen LogP contribution in [0, 0.1) is 0 Å². The highest BCUT2D eigenvalue weighted by Crippen LogP contribution is 2.39. The van der Waals surface area contributed by atoms with Crippen molar-refractivity contribution in [3.63, 3.8) is 0 Å². The van der Waals surface area contributed by atoms with Gasteiger partial charge in [-0.1, -0.05) is 164 Å². The molecule has 2 atom stereocenters. The number of benzene rings is 4. The van der Waals surface area contributed by atoms with Crippen LogP contribution in [0.4, 0.5) is 73.6 Å². The van der Waals surface area contributed by atoms with Gasteiger partial charge in [0.2, 0.25) is 0 Å². The van der Waals surface area contributed by atoms with Crippen LogP contribution in [-0.4, -0.2) is 37.7 Å². The number of guanidine groups is 1. The molecule has 4 aromatic carbocycles. The second kappa shape index (κ2) is 29.7. The number of anilines is 2. The summed E-state index contributed by atoms with van der Waals surface area (Å²) in [4.78, 5) is 29.8. The number of nitrogens with one attached hydrogen (secondary N) is 7. The van der Waals surface area contributed by atoms with Crippen molar-refractivity contribution < 1.29 is 67.3 Å². The maximum Gasteiger partial charge on any atom is 0.416 e. The minimum Gasteiger partial charge on any atom is -0.328 e. The lowest BCUT2D eigenvalue weighted by molar-refractivity contribution is -0.466. The van der Waals surface area contributed by atoms with E-state index in [9.17, 15) is 62.3 Å². The Morgan fingerprint density at radius 1 is 0.446 bits per heavy atom. The molecule has 0 aromatic heterocycles. The Hall–Kier alpha value is -6.15. The van der Waals surface area contributed by atoms with Gasteiger partial charge in [-0.25, -0.2) is 9.59 Å². The fraction of sp³-hybridized carbons (Fsp3) is 0.491. The van der Waals surface area contributed by atoms with Gasteiger partial charge in [-0.2, -0.15) is 52.7 Å². The van der Waals surface area contributed by atoms with Crippen LogP contribution >= 0.6 is 0 Å². The van der Waals surface area contributed by atoms with Crippen LogP contribution in [0.2, 0.25) is 0 Å². The molecule has 0 aliphatic heterocycles. The molecule has 0 saturated heterocycles. The normalized spacial score (nSPS) is 13.2. The summed E-state index contributed by atoms with van der Waals surface area (Å²) in [5.41, 5.74) is -7.08. The highest BCUT2D eigenvalue weighted by Gasteiger charge is 2.38. The Balaban J connectivity index is 1.49. The molecule has 4 rings (SSSR count). The summed E-state index contributed by atoms with van der Waals surface area (Å²) >= 11 is 0. The van der Waals surface area contributed by atoms with E-state index < -0.39 is 82.5 Å². The number of carbonyl (C=O) groups is 2. The van der Waals surface area contributed by atoms with Crippen LogP contribution in [-0.2, 0) is 24.7 Å². The van der Waals surface area contributed by atoms with Crippen molar-refractivity contribution in [2.75, 3.05) is 30.3 Å². The average Bonchev–Trinajstić information content (AvgIpc) is 3.33. The third-order valence-electron chi connectivity index (χ3n) is 12.0. The van der Waals surface area contributed by atoms with Gasteiger partial charge in [0.1, 0.15) is 0 Å². The van der Waals surface area contributed by atoms with Crippen molar-refractivity contribution in [2.45, 2.75) is 146 Å². The van der Waals surface area contributed by atoms with E-state index in [2.05, 4.69) is 43.8 Å². The molecule has 0 aliphatic rings. The molecule has 0 radical (unpaired) electrons. The monoisotopic (exact) mass is 1060 g/mol. The fourth-order valence-electron chi connectivity index (χ4n) is 8.06. The number of halogens is 12. The predicted molar refractivity (Wildman–Crippen MR) is 262 cm³/mol. The number of hydrogen-bond acceptors (Lipinski definition) is 2. The molecule has 408 valence electrons. The lowest BCUT2D eigenvalue weighted by Gasteiger charge is -2.21. The van der Waals surface area contributed by atoms with Gasteiger partial charge >= 0.3 is 42.7 Å². The topological polar surface area (TPSA) is 120 Å². The molecule has 0 saturated carbocycles. The van der Waals surface area contributed by atoms with Crippen molar-refractivity contribution in [3.05, 3.63) is 130 Å². The molecule has 0 fully saturated rings. The Kier molecular flexibility index (Phi) is 24.2. The van der Waals surface area contributed by atoms with Crippen LogP contribution in [0.3, 0.4) is 0 Å². The lowest BCUT2D eigenvalue weighted by atomic mass is 10.0. The zero-order chi connectivity index (χ0) is 54.2. The van der Waals surface area contributed by atoms with Crippen molar-refractivity contribution in [1.29, 1.82) is 0 Å². The van der Waals surface area contributed by atoms with Crippen molar-refractivity contribution >= 4 is 29.4 Å². The first-order chi connectivity index (χ1) is 35.0. The molecule has 21 heteroatoms. The highest BCUT2D eigenvalue weighted by atomic mass is 19.4. The second-order valence-corrected chi connectivity index (χ2v) is 18.1. The van der Waals surface area contributed by atoms with Gasteiger partial charge in [0, 0.05) is 11.4 Å². The first-order valence-corrected chi connectivity index (χ1v) is 25.0. The molecule has 0 bridgehead atoms. The highest BCUT2D eigenvalue weighted by molar-refractivity contribution is 5.90.